The highest BCUT2D eigenvalue weighted by atomic mass is 79.9. The summed E-state index contributed by atoms with van der Waals surface area (Å²) in [6, 6.07) is 10.7. The first-order valence-electron chi connectivity index (χ1n) is 8.51. The molecule has 0 aliphatic heterocycles. The van der Waals surface area contributed by atoms with Gasteiger partial charge in [-0.25, -0.2) is 5.43 Å². The average molecular weight is 467 g/mol. The Morgan fingerprint density at radius 3 is 2.54 bits per heavy atom. The number of nitrogens with zero attached hydrogens (tertiary/aromatic N) is 1. The minimum absolute atomic E-state index is 0.0506. The maximum atomic E-state index is 12.1. The molecular weight excluding hydrogens is 446 g/mol. The maximum absolute atomic E-state index is 12.1. The number of aryl methyl sites for hydroxylation is 2. The molecule has 0 heterocycles. The zero-order chi connectivity index (χ0) is 20.7. The monoisotopic (exact) mass is 465 g/mol. The van der Waals surface area contributed by atoms with Crippen LogP contribution in [0.2, 0.25) is 5.02 Å². The molecule has 0 aliphatic rings. The third kappa shape index (κ3) is 6.98. The van der Waals surface area contributed by atoms with Gasteiger partial charge in [0.15, 0.2) is 6.61 Å². The summed E-state index contributed by atoms with van der Waals surface area (Å²) >= 11 is 9.28. The summed E-state index contributed by atoms with van der Waals surface area (Å²) in [7, 11) is 0. The minimum atomic E-state index is -0.407. The number of amides is 2. The van der Waals surface area contributed by atoms with Gasteiger partial charge in [-0.3, -0.25) is 9.59 Å². The zero-order valence-corrected chi connectivity index (χ0v) is 18.1. The van der Waals surface area contributed by atoms with Crippen molar-refractivity contribution < 1.29 is 14.3 Å². The van der Waals surface area contributed by atoms with Crippen LogP contribution >= 0.6 is 27.5 Å². The lowest BCUT2D eigenvalue weighted by Gasteiger charge is -2.09. The zero-order valence-electron chi connectivity index (χ0n) is 15.8. The van der Waals surface area contributed by atoms with Crippen LogP contribution in [0.15, 0.2) is 46.0 Å². The molecule has 0 unspecified atom stereocenters. The highest BCUT2D eigenvalue weighted by molar-refractivity contribution is 9.10. The third-order valence-corrected chi connectivity index (χ3v) is 4.47. The Hall–Kier alpha value is -2.38. The SMILES string of the molecule is CC(CC(=O)Nc1ccc(Cl)cc1C)=NNC(=O)COc1ccc(Br)cc1C. The van der Waals surface area contributed by atoms with Crippen molar-refractivity contribution in [3.05, 3.63) is 57.0 Å². The van der Waals surface area contributed by atoms with Gasteiger partial charge in [0, 0.05) is 20.9 Å². The fourth-order valence-electron chi connectivity index (χ4n) is 2.34. The van der Waals surface area contributed by atoms with Gasteiger partial charge < -0.3 is 10.1 Å². The van der Waals surface area contributed by atoms with Crippen LogP contribution in [0.25, 0.3) is 0 Å². The lowest BCUT2D eigenvalue weighted by Crippen LogP contribution is -2.26. The van der Waals surface area contributed by atoms with Crippen molar-refractivity contribution in [3.63, 3.8) is 0 Å². The molecule has 8 heteroatoms. The number of hydrogen-bond donors (Lipinski definition) is 2. The van der Waals surface area contributed by atoms with E-state index in [1.807, 2.05) is 26.0 Å². The van der Waals surface area contributed by atoms with Gasteiger partial charge in [0.2, 0.25) is 5.91 Å². The van der Waals surface area contributed by atoms with E-state index < -0.39 is 5.91 Å². The van der Waals surface area contributed by atoms with Crippen LogP contribution in [0.1, 0.15) is 24.5 Å². The van der Waals surface area contributed by atoms with Crippen LogP contribution < -0.4 is 15.5 Å². The normalized spacial score (nSPS) is 11.1. The Kier molecular flexibility index (Phi) is 8.02. The number of ether oxygens (including phenoxy) is 1. The van der Waals surface area contributed by atoms with Gasteiger partial charge >= 0.3 is 0 Å². The van der Waals surface area contributed by atoms with Crippen LogP contribution in [-0.4, -0.2) is 24.1 Å². The molecule has 0 atom stereocenters. The molecule has 0 radical (unpaired) electrons. The number of hydrazone groups is 1. The number of hydrogen-bond acceptors (Lipinski definition) is 4. The molecule has 2 aromatic carbocycles. The fourth-order valence-corrected chi connectivity index (χ4v) is 3.04. The Labute approximate surface area is 177 Å². The molecule has 6 nitrogen and oxygen atoms in total. The quantitative estimate of drug-likeness (QED) is 0.461. The lowest BCUT2D eigenvalue weighted by atomic mass is 10.2. The van der Waals surface area contributed by atoms with Crippen LogP contribution in [0, 0.1) is 13.8 Å². The number of rotatable bonds is 7. The molecule has 0 saturated heterocycles. The van der Waals surface area contributed by atoms with Crippen molar-refractivity contribution >= 4 is 50.7 Å². The van der Waals surface area contributed by atoms with E-state index >= 15 is 0 Å². The number of anilines is 1. The maximum Gasteiger partial charge on any atom is 0.277 e. The fraction of sp³-hybridized carbons (Fsp3) is 0.250. The third-order valence-electron chi connectivity index (χ3n) is 3.75. The topological polar surface area (TPSA) is 79.8 Å². The molecule has 0 fully saturated rings. The summed E-state index contributed by atoms with van der Waals surface area (Å²) in [5.74, 6) is -0.0185. The van der Waals surface area contributed by atoms with E-state index in [0.717, 1.165) is 15.6 Å². The number of halogens is 2. The molecule has 0 saturated carbocycles. The van der Waals surface area contributed by atoms with Crippen molar-refractivity contribution in [1.29, 1.82) is 0 Å². The molecule has 2 rings (SSSR count). The first kappa shape index (κ1) is 21.9. The van der Waals surface area contributed by atoms with Gasteiger partial charge in [0.1, 0.15) is 5.75 Å². The summed E-state index contributed by atoms with van der Waals surface area (Å²) in [6.45, 7) is 5.24. The number of carbonyl (C=O) groups is 2. The molecule has 2 N–H and O–H groups in total. The van der Waals surface area contributed by atoms with Crippen molar-refractivity contribution in [2.45, 2.75) is 27.2 Å². The van der Waals surface area contributed by atoms with Gasteiger partial charge in [0.05, 0.1) is 6.42 Å². The standard InChI is InChI=1S/C20H21BrClN3O3/c1-12-9-16(22)5-6-17(12)23-19(26)10-14(3)24-25-20(27)11-28-18-7-4-15(21)8-13(18)2/h4-9H,10-11H2,1-3H3,(H,23,26)(H,25,27). The first-order chi connectivity index (χ1) is 13.2. The van der Waals surface area contributed by atoms with Crippen molar-refractivity contribution in [1.82, 2.24) is 5.43 Å². The van der Waals surface area contributed by atoms with E-state index in [9.17, 15) is 9.59 Å². The molecule has 0 aliphatic carbocycles. The summed E-state index contributed by atoms with van der Waals surface area (Å²) < 4.78 is 6.42. The van der Waals surface area contributed by atoms with E-state index in [2.05, 4.69) is 31.8 Å². The number of benzene rings is 2. The highest BCUT2D eigenvalue weighted by Crippen LogP contribution is 2.22. The molecule has 2 aromatic rings. The number of carbonyl (C=O) groups excluding carboxylic acids is 2. The van der Waals surface area contributed by atoms with Crippen molar-refractivity contribution in [2.24, 2.45) is 5.10 Å². The summed E-state index contributed by atoms with van der Waals surface area (Å²) in [5, 5.41) is 7.34. The summed E-state index contributed by atoms with van der Waals surface area (Å²) in [6.07, 6.45) is 0.0506. The molecular formula is C20H21BrClN3O3. The minimum Gasteiger partial charge on any atom is -0.483 e. The van der Waals surface area contributed by atoms with E-state index in [-0.39, 0.29) is 18.9 Å². The predicted molar refractivity (Wildman–Crippen MR) is 115 cm³/mol. The smallest absolute Gasteiger partial charge is 0.277 e. The molecule has 148 valence electrons. The Morgan fingerprint density at radius 1 is 1.11 bits per heavy atom. The van der Waals surface area contributed by atoms with E-state index in [1.54, 1.807) is 31.2 Å². The summed E-state index contributed by atoms with van der Waals surface area (Å²) in [5.41, 5.74) is 5.32. The van der Waals surface area contributed by atoms with E-state index in [1.165, 1.54) is 0 Å². The molecule has 28 heavy (non-hydrogen) atoms. The molecule has 0 aromatic heterocycles. The van der Waals surface area contributed by atoms with Crippen LogP contribution in [0.3, 0.4) is 0 Å². The van der Waals surface area contributed by atoms with Crippen LogP contribution in [0.4, 0.5) is 5.69 Å². The van der Waals surface area contributed by atoms with Crippen LogP contribution in [-0.2, 0) is 9.59 Å². The number of nitrogens with one attached hydrogen (secondary N) is 2. The second-order valence-electron chi connectivity index (χ2n) is 6.26. The molecule has 2 amide bonds. The van der Waals surface area contributed by atoms with E-state index in [4.69, 9.17) is 16.3 Å². The van der Waals surface area contributed by atoms with Gasteiger partial charge in [-0.05, 0) is 68.3 Å². The Balaban J connectivity index is 1.80. The predicted octanol–water partition coefficient (Wildman–Crippen LogP) is 4.62. The Bertz CT molecular complexity index is 916. The lowest BCUT2D eigenvalue weighted by molar-refractivity contribution is -0.123. The van der Waals surface area contributed by atoms with Crippen molar-refractivity contribution in [3.8, 4) is 5.75 Å². The highest BCUT2D eigenvalue weighted by Gasteiger charge is 2.08. The largest absolute Gasteiger partial charge is 0.483 e. The summed E-state index contributed by atoms with van der Waals surface area (Å²) in [4.78, 5) is 24.0. The van der Waals surface area contributed by atoms with Gasteiger partial charge in [-0.1, -0.05) is 27.5 Å². The molecule has 0 bridgehead atoms. The second-order valence-corrected chi connectivity index (χ2v) is 7.62. The molecule has 0 spiro atoms. The van der Waals surface area contributed by atoms with Gasteiger partial charge in [-0.2, -0.15) is 5.10 Å². The van der Waals surface area contributed by atoms with Crippen molar-refractivity contribution in [2.75, 3.05) is 11.9 Å². The Morgan fingerprint density at radius 2 is 1.86 bits per heavy atom. The second kappa shape index (κ2) is 10.2. The van der Waals surface area contributed by atoms with Gasteiger partial charge in [-0.15, -0.1) is 0 Å². The van der Waals surface area contributed by atoms with Crippen LogP contribution in [0.5, 0.6) is 5.75 Å². The first-order valence-corrected chi connectivity index (χ1v) is 9.68. The van der Waals surface area contributed by atoms with E-state index in [0.29, 0.717) is 22.2 Å². The average Bonchev–Trinajstić information content (AvgIpc) is 2.61. The van der Waals surface area contributed by atoms with Gasteiger partial charge in [0.25, 0.3) is 5.91 Å².